The Morgan fingerprint density at radius 3 is 2.63 bits per heavy atom. The highest BCUT2D eigenvalue weighted by Crippen LogP contribution is 2.37. The molecule has 7 nitrogen and oxygen atoms in total. The van der Waals surface area contributed by atoms with E-state index in [0.29, 0.717) is 17.9 Å². The molecule has 0 aliphatic heterocycles. The van der Waals surface area contributed by atoms with Crippen LogP contribution in [0, 0.1) is 10.1 Å². The Morgan fingerprint density at radius 2 is 2.16 bits per heavy atom. The van der Waals surface area contributed by atoms with Crippen molar-refractivity contribution in [3.8, 4) is 11.5 Å². The quantitative estimate of drug-likeness (QED) is 0.447. The van der Waals surface area contributed by atoms with Crippen molar-refractivity contribution >= 4 is 11.9 Å². The van der Waals surface area contributed by atoms with Gasteiger partial charge in [0.25, 0.3) is 0 Å². The van der Waals surface area contributed by atoms with Crippen molar-refractivity contribution in [1.29, 1.82) is 0 Å². The lowest BCUT2D eigenvalue weighted by Crippen LogP contribution is -2.04. The third-order valence-corrected chi connectivity index (χ3v) is 2.20. The van der Waals surface area contributed by atoms with Crippen LogP contribution in [0.5, 0.6) is 11.5 Å². The molecule has 19 heavy (non-hydrogen) atoms. The number of hydrogen-bond acceptors (Lipinski definition) is 6. The Balaban J connectivity index is 3.32. The molecule has 1 rings (SSSR count). The molecule has 0 bridgehead atoms. The van der Waals surface area contributed by atoms with E-state index < -0.39 is 4.92 Å². The predicted molar refractivity (Wildman–Crippen MR) is 72.1 cm³/mol. The van der Waals surface area contributed by atoms with Crippen molar-refractivity contribution in [3.63, 3.8) is 0 Å². The first-order chi connectivity index (χ1) is 8.99. The fourth-order valence-corrected chi connectivity index (χ4v) is 1.47. The molecule has 0 atom stereocenters. The van der Waals surface area contributed by atoms with Gasteiger partial charge < -0.3 is 14.5 Å². The Bertz CT molecular complexity index is 486. The number of nitro groups is 1. The van der Waals surface area contributed by atoms with E-state index in [1.807, 2.05) is 0 Å². The number of rotatable bonds is 6. The number of benzene rings is 1. The maximum absolute atomic E-state index is 11.0. The summed E-state index contributed by atoms with van der Waals surface area (Å²) in [6.45, 7) is 2.19. The summed E-state index contributed by atoms with van der Waals surface area (Å²) in [5.74, 6) is 0.452. The monoisotopic (exact) mass is 267 g/mol. The maximum atomic E-state index is 11.0. The first kappa shape index (κ1) is 14.7. The normalized spacial score (nSPS) is 10.5. The van der Waals surface area contributed by atoms with Crippen molar-refractivity contribution in [2.75, 3.05) is 27.8 Å². The molecule has 0 heterocycles. The third kappa shape index (κ3) is 3.84. The summed E-state index contributed by atoms with van der Waals surface area (Å²) in [7, 11) is 4.90. The van der Waals surface area contributed by atoms with Gasteiger partial charge in [0, 0.05) is 25.7 Å². The zero-order valence-electron chi connectivity index (χ0n) is 11.4. The van der Waals surface area contributed by atoms with Crippen molar-refractivity contribution in [3.05, 3.63) is 27.8 Å². The highest BCUT2D eigenvalue weighted by molar-refractivity contribution is 5.83. The number of ether oxygens (including phenoxy) is 2. The second-order valence-electron chi connectivity index (χ2n) is 3.85. The molecule has 0 aromatic heterocycles. The van der Waals surface area contributed by atoms with Gasteiger partial charge in [-0.25, -0.2) is 0 Å². The van der Waals surface area contributed by atoms with E-state index >= 15 is 0 Å². The van der Waals surface area contributed by atoms with Gasteiger partial charge in [-0.1, -0.05) is 0 Å². The highest BCUT2D eigenvalue weighted by atomic mass is 16.6. The molecule has 104 valence electrons. The van der Waals surface area contributed by atoms with Crippen molar-refractivity contribution in [1.82, 2.24) is 5.01 Å². The lowest BCUT2D eigenvalue weighted by Gasteiger charge is -2.10. The SMILES string of the molecule is CCOc1cc(/C=N/N(C)C)cc([N+](=O)[O-])c1OC. The maximum Gasteiger partial charge on any atom is 0.315 e. The summed E-state index contributed by atoms with van der Waals surface area (Å²) >= 11 is 0. The summed E-state index contributed by atoms with van der Waals surface area (Å²) in [5, 5.41) is 16.7. The molecule has 0 fully saturated rings. The number of methoxy groups -OCH3 is 1. The van der Waals surface area contributed by atoms with Gasteiger partial charge in [0.1, 0.15) is 0 Å². The summed E-state index contributed by atoms with van der Waals surface area (Å²) in [4.78, 5) is 10.5. The van der Waals surface area contributed by atoms with Gasteiger partial charge in [-0.15, -0.1) is 0 Å². The summed E-state index contributed by atoms with van der Waals surface area (Å²) in [5.41, 5.74) is 0.429. The second-order valence-corrected chi connectivity index (χ2v) is 3.85. The van der Waals surface area contributed by atoms with E-state index in [4.69, 9.17) is 9.47 Å². The fraction of sp³-hybridized carbons (Fsp3) is 0.417. The molecule has 0 spiro atoms. The molecule has 0 radical (unpaired) electrons. The molecule has 1 aromatic carbocycles. The molecule has 0 saturated carbocycles. The number of nitro benzene ring substituents is 1. The fourth-order valence-electron chi connectivity index (χ4n) is 1.47. The minimum Gasteiger partial charge on any atom is -0.490 e. The second kappa shape index (κ2) is 6.58. The predicted octanol–water partition coefficient (Wildman–Crippen LogP) is 1.90. The van der Waals surface area contributed by atoms with Crippen LogP contribution < -0.4 is 9.47 Å². The Labute approximate surface area is 111 Å². The van der Waals surface area contributed by atoms with Gasteiger partial charge in [0.05, 0.1) is 24.9 Å². The third-order valence-electron chi connectivity index (χ3n) is 2.20. The molecule has 0 aliphatic carbocycles. The van der Waals surface area contributed by atoms with Crippen LogP contribution in [0.15, 0.2) is 17.2 Å². The van der Waals surface area contributed by atoms with Crippen LogP contribution in [0.25, 0.3) is 0 Å². The zero-order chi connectivity index (χ0) is 14.4. The topological polar surface area (TPSA) is 77.2 Å². The largest absolute Gasteiger partial charge is 0.490 e. The molecule has 0 N–H and O–H groups in total. The molecular weight excluding hydrogens is 250 g/mol. The first-order valence-corrected chi connectivity index (χ1v) is 5.70. The van der Waals surface area contributed by atoms with E-state index in [1.54, 1.807) is 32.1 Å². The molecule has 7 heteroatoms. The van der Waals surface area contributed by atoms with Crippen LogP contribution in [0.4, 0.5) is 5.69 Å². The molecule has 1 aromatic rings. The van der Waals surface area contributed by atoms with Crippen molar-refractivity contribution in [2.24, 2.45) is 5.10 Å². The Kier molecular flexibility index (Phi) is 5.11. The lowest BCUT2D eigenvalue weighted by molar-refractivity contribution is -0.385. The number of hydrogen-bond donors (Lipinski definition) is 0. The summed E-state index contributed by atoms with van der Waals surface area (Å²) < 4.78 is 10.4. The summed E-state index contributed by atoms with van der Waals surface area (Å²) in [6, 6.07) is 3.05. The molecule has 0 unspecified atom stereocenters. The van der Waals surface area contributed by atoms with Gasteiger partial charge in [0.2, 0.25) is 5.75 Å². The van der Waals surface area contributed by atoms with Gasteiger partial charge >= 0.3 is 5.69 Å². The van der Waals surface area contributed by atoms with E-state index in [1.165, 1.54) is 19.4 Å². The average Bonchev–Trinajstić information content (AvgIpc) is 2.36. The van der Waals surface area contributed by atoms with Gasteiger partial charge in [-0.05, 0) is 13.0 Å². The molecule has 0 saturated heterocycles. The van der Waals surface area contributed by atoms with Crippen molar-refractivity contribution in [2.45, 2.75) is 6.92 Å². The average molecular weight is 267 g/mol. The van der Waals surface area contributed by atoms with E-state index in [0.717, 1.165) is 0 Å². The highest BCUT2D eigenvalue weighted by Gasteiger charge is 2.21. The zero-order valence-corrected chi connectivity index (χ0v) is 11.4. The van der Waals surface area contributed by atoms with Crippen LogP contribution >= 0.6 is 0 Å². The Morgan fingerprint density at radius 1 is 1.47 bits per heavy atom. The van der Waals surface area contributed by atoms with E-state index in [2.05, 4.69) is 5.10 Å². The molecular formula is C12H17N3O4. The van der Waals surface area contributed by atoms with Gasteiger partial charge in [-0.3, -0.25) is 10.1 Å². The van der Waals surface area contributed by atoms with Gasteiger partial charge in [0.15, 0.2) is 5.75 Å². The van der Waals surface area contributed by atoms with Crippen LogP contribution in [0.2, 0.25) is 0 Å². The van der Waals surface area contributed by atoms with Gasteiger partial charge in [-0.2, -0.15) is 5.10 Å². The molecule has 0 amide bonds. The van der Waals surface area contributed by atoms with E-state index in [9.17, 15) is 10.1 Å². The van der Waals surface area contributed by atoms with Crippen LogP contribution in [0.1, 0.15) is 12.5 Å². The minimum atomic E-state index is -0.506. The van der Waals surface area contributed by atoms with E-state index in [-0.39, 0.29) is 11.4 Å². The van der Waals surface area contributed by atoms with Crippen LogP contribution in [-0.2, 0) is 0 Å². The Hall–Kier alpha value is -2.31. The van der Waals surface area contributed by atoms with Crippen LogP contribution in [-0.4, -0.2) is 44.0 Å². The smallest absolute Gasteiger partial charge is 0.315 e. The number of nitrogens with zero attached hydrogens (tertiary/aromatic N) is 3. The van der Waals surface area contributed by atoms with Crippen molar-refractivity contribution < 1.29 is 14.4 Å². The number of hydrazone groups is 1. The summed E-state index contributed by atoms with van der Waals surface area (Å²) in [6.07, 6.45) is 1.52. The molecule has 0 aliphatic rings. The minimum absolute atomic E-state index is 0.119. The standard InChI is InChI=1S/C12H17N3O4/c1-5-19-11-7-9(8-13-14(2)3)6-10(15(16)17)12(11)18-4/h6-8H,5H2,1-4H3/b13-8+. The first-order valence-electron chi connectivity index (χ1n) is 5.70. The lowest BCUT2D eigenvalue weighted by atomic mass is 10.2. The van der Waals surface area contributed by atoms with Crippen LogP contribution in [0.3, 0.4) is 0 Å².